The van der Waals surface area contributed by atoms with Crippen LogP contribution in [0.15, 0.2) is 61.2 Å². The minimum absolute atomic E-state index is 0.111. The van der Waals surface area contributed by atoms with Crippen LogP contribution in [0.25, 0.3) is 0 Å². The molecule has 2 aliphatic heterocycles. The summed E-state index contributed by atoms with van der Waals surface area (Å²) in [6.45, 7) is 4.83. The topological polar surface area (TPSA) is 101 Å². The number of esters is 2. The standard InChI is InChI=1S/C32H34INO8/c1-3-17-39-31(37)34-16-15-32-14-13-24(18-26(32)42-30-25(38-2)12-9-22(19-34)29(30)32)41-28(36)6-4-5-27(35)40-20-21-7-10-23(33)11-8-21/h3,7-14,24,26H,1,4-6,15-20H2,2H3/t24-,26-,32+/m1/s1. The number of ether oxygens (including phenoxy) is 5. The summed E-state index contributed by atoms with van der Waals surface area (Å²) in [5.74, 6) is 0.568. The van der Waals surface area contributed by atoms with Crippen LogP contribution in [0.2, 0.25) is 0 Å². The van der Waals surface area contributed by atoms with Crippen molar-refractivity contribution in [3.8, 4) is 11.5 Å². The van der Waals surface area contributed by atoms with Crippen LogP contribution in [-0.4, -0.2) is 55.4 Å². The molecule has 2 heterocycles. The van der Waals surface area contributed by atoms with Crippen LogP contribution in [0.5, 0.6) is 11.5 Å². The van der Waals surface area contributed by atoms with Crippen LogP contribution in [0.4, 0.5) is 4.79 Å². The average Bonchev–Trinajstić information content (AvgIpc) is 3.22. The lowest BCUT2D eigenvalue weighted by Crippen LogP contribution is -2.44. The Hall–Kier alpha value is -3.54. The molecule has 0 unspecified atom stereocenters. The number of nitrogens with zero attached hydrogens (tertiary/aromatic N) is 1. The van der Waals surface area contributed by atoms with Gasteiger partial charge in [-0.05, 0) is 70.8 Å². The van der Waals surface area contributed by atoms with Crippen molar-refractivity contribution in [1.29, 1.82) is 0 Å². The fourth-order valence-corrected chi connectivity index (χ4v) is 6.17. The predicted molar refractivity (Wildman–Crippen MR) is 162 cm³/mol. The first-order valence-electron chi connectivity index (χ1n) is 14.0. The number of rotatable bonds is 10. The summed E-state index contributed by atoms with van der Waals surface area (Å²) in [6, 6.07) is 11.6. The van der Waals surface area contributed by atoms with Crippen molar-refractivity contribution in [2.24, 2.45) is 0 Å². The van der Waals surface area contributed by atoms with E-state index in [9.17, 15) is 14.4 Å². The summed E-state index contributed by atoms with van der Waals surface area (Å²) < 4.78 is 29.6. The summed E-state index contributed by atoms with van der Waals surface area (Å²) in [6.07, 6.45) is 6.03. The molecule has 0 N–H and O–H groups in total. The molecule has 42 heavy (non-hydrogen) atoms. The van der Waals surface area contributed by atoms with Gasteiger partial charge in [-0.25, -0.2) is 4.79 Å². The Bertz CT molecular complexity index is 1370. The molecule has 0 saturated carbocycles. The molecule has 1 spiro atoms. The summed E-state index contributed by atoms with van der Waals surface area (Å²) in [4.78, 5) is 39.2. The molecule has 0 radical (unpaired) electrons. The molecule has 0 saturated heterocycles. The second kappa shape index (κ2) is 13.2. The van der Waals surface area contributed by atoms with E-state index in [2.05, 4.69) is 35.2 Å². The first kappa shape index (κ1) is 29.9. The van der Waals surface area contributed by atoms with Gasteiger partial charge in [0, 0.05) is 41.5 Å². The summed E-state index contributed by atoms with van der Waals surface area (Å²) in [5.41, 5.74) is 2.40. The highest BCUT2D eigenvalue weighted by atomic mass is 127. The molecular formula is C32H34INO8. The molecule has 0 aromatic heterocycles. The second-order valence-corrected chi connectivity index (χ2v) is 11.8. The van der Waals surface area contributed by atoms with Gasteiger partial charge in [-0.1, -0.05) is 36.9 Å². The molecule has 0 bridgehead atoms. The van der Waals surface area contributed by atoms with Crippen molar-refractivity contribution in [3.05, 3.63) is 81.5 Å². The van der Waals surface area contributed by atoms with Gasteiger partial charge < -0.3 is 28.6 Å². The van der Waals surface area contributed by atoms with Crippen molar-refractivity contribution in [2.75, 3.05) is 20.3 Å². The Kier molecular flexibility index (Phi) is 9.40. The van der Waals surface area contributed by atoms with Gasteiger partial charge in [-0.3, -0.25) is 9.59 Å². The molecule has 9 nitrogen and oxygen atoms in total. The van der Waals surface area contributed by atoms with E-state index in [0.29, 0.717) is 43.9 Å². The summed E-state index contributed by atoms with van der Waals surface area (Å²) in [7, 11) is 1.60. The van der Waals surface area contributed by atoms with Gasteiger partial charge in [0.25, 0.3) is 0 Å². The van der Waals surface area contributed by atoms with Crippen molar-refractivity contribution in [2.45, 2.75) is 62.9 Å². The van der Waals surface area contributed by atoms with Crippen LogP contribution in [0.3, 0.4) is 0 Å². The fourth-order valence-electron chi connectivity index (χ4n) is 5.81. The van der Waals surface area contributed by atoms with E-state index >= 15 is 0 Å². The third-order valence-corrected chi connectivity index (χ3v) is 8.60. The first-order valence-corrected chi connectivity index (χ1v) is 15.1. The zero-order valence-electron chi connectivity index (χ0n) is 23.5. The molecule has 222 valence electrons. The van der Waals surface area contributed by atoms with E-state index in [1.165, 1.54) is 0 Å². The van der Waals surface area contributed by atoms with Gasteiger partial charge in [-0.2, -0.15) is 0 Å². The minimum atomic E-state index is -0.490. The number of hydrogen-bond donors (Lipinski definition) is 0. The largest absolute Gasteiger partial charge is 0.493 e. The molecule has 1 amide bonds. The number of carbonyl (C=O) groups excluding carboxylic acids is 3. The maximum atomic E-state index is 12.7. The molecule has 2 aromatic carbocycles. The monoisotopic (exact) mass is 687 g/mol. The van der Waals surface area contributed by atoms with Gasteiger partial charge in [0.15, 0.2) is 11.5 Å². The van der Waals surface area contributed by atoms with Crippen LogP contribution >= 0.6 is 22.6 Å². The molecule has 10 heteroatoms. The summed E-state index contributed by atoms with van der Waals surface area (Å²) >= 11 is 2.22. The number of halogens is 1. The smallest absolute Gasteiger partial charge is 0.410 e. The van der Waals surface area contributed by atoms with E-state index in [1.54, 1.807) is 18.1 Å². The van der Waals surface area contributed by atoms with Crippen LogP contribution < -0.4 is 9.47 Å². The van der Waals surface area contributed by atoms with E-state index < -0.39 is 17.6 Å². The third-order valence-electron chi connectivity index (χ3n) is 7.88. The minimum Gasteiger partial charge on any atom is -0.493 e. The van der Waals surface area contributed by atoms with Gasteiger partial charge in [0.1, 0.15) is 25.4 Å². The van der Waals surface area contributed by atoms with Gasteiger partial charge in [0.05, 0.1) is 12.5 Å². The molecule has 0 fully saturated rings. The Labute approximate surface area is 258 Å². The molecule has 5 rings (SSSR count). The number of hydrogen-bond acceptors (Lipinski definition) is 8. The number of methoxy groups -OCH3 is 1. The Morgan fingerprint density at radius 2 is 1.90 bits per heavy atom. The lowest BCUT2D eigenvalue weighted by Gasteiger charge is -2.36. The van der Waals surface area contributed by atoms with E-state index in [0.717, 1.165) is 20.3 Å². The Morgan fingerprint density at radius 1 is 1.12 bits per heavy atom. The molecular weight excluding hydrogens is 653 g/mol. The Balaban J connectivity index is 1.19. The van der Waals surface area contributed by atoms with Crippen molar-refractivity contribution in [1.82, 2.24) is 4.90 Å². The maximum Gasteiger partial charge on any atom is 0.410 e. The molecule has 3 atom stereocenters. The highest BCUT2D eigenvalue weighted by Gasteiger charge is 2.53. The zero-order chi connectivity index (χ0) is 29.7. The van der Waals surface area contributed by atoms with Crippen molar-refractivity contribution in [3.63, 3.8) is 0 Å². The number of benzene rings is 2. The fraction of sp³-hybridized carbons (Fsp3) is 0.406. The van der Waals surface area contributed by atoms with Gasteiger partial charge in [0.2, 0.25) is 0 Å². The number of amides is 1. The lowest BCUT2D eigenvalue weighted by molar-refractivity contribution is -0.149. The zero-order valence-corrected chi connectivity index (χ0v) is 25.7. The third kappa shape index (κ3) is 6.43. The molecule has 3 aliphatic rings. The first-order chi connectivity index (χ1) is 20.3. The average molecular weight is 688 g/mol. The quantitative estimate of drug-likeness (QED) is 0.138. The van der Waals surface area contributed by atoms with E-state index in [1.807, 2.05) is 42.5 Å². The second-order valence-electron chi connectivity index (χ2n) is 10.6. The highest BCUT2D eigenvalue weighted by Crippen LogP contribution is 2.56. The predicted octanol–water partition coefficient (Wildman–Crippen LogP) is 5.61. The van der Waals surface area contributed by atoms with Gasteiger partial charge in [-0.15, -0.1) is 0 Å². The van der Waals surface area contributed by atoms with Crippen LogP contribution in [0.1, 0.15) is 48.8 Å². The van der Waals surface area contributed by atoms with Crippen LogP contribution in [0, 0.1) is 3.57 Å². The van der Waals surface area contributed by atoms with Crippen LogP contribution in [-0.2, 0) is 42.4 Å². The van der Waals surface area contributed by atoms with Crippen molar-refractivity contribution < 1.29 is 38.1 Å². The van der Waals surface area contributed by atoms with E-state index in [4.69, 9.17) is 23.7 Å². The molecule has 2 aromatic rings. The molecule has 1 aliphatic carbocycles. The normalized spacial score (nSPS) is 21.7. The van der Waals surface area contributed by atoms with E-state index in [-0.39, 0.29) is 44.1 Å². The van der Waals surface area contributed by atoms with Gasteiger partial charge >= 0.3 is 18.0 Å². The maximum absolute atomic E-state index is 12.7. The SMILES string of the molecule is C=CCOC(=O)N1CC[C@@]23C=C[C@@H](OC(=O)CCCC(=O)OCc4ccc(I)cc4)C[C@H]2Oc2c(OC)ccc(c23)C1. The number of carbonyl (C=O) groups is 3. The highest BCUT2D eigenvalue weighted by molar-refractivity contribution is 14.1. The summed E-state index contributed by atoms with van der Waals surface area (Å²) in [5, 5.41) is 0. The lowest BCUT2D eigenvalue weighted by atomic mass is 9.69. The Morgan fingerprint density at radius 3 is 2.67 bits per heavy atom. The van der Waals surface area contributed by atoms with Crippen molar-refractivity contribution >= 4 is 40.6 Å².